The van der Waals surface area contributed by atoms with Crippen molar-refractivity contribution in [1.29, 1.82) is 0 Å². The van der Waals surface area contributed by atoms with E-state index in [4.69, 9.17) is 9.72 Å². The summed E-state index contributed by atoms with van der Waals surface area (Å²) in [6.45, 7) is 11.8. The number of methoxy groups -OCH3 is 1. The number of aromatic nitrogens is 3. The molecule has 13 nitrogen and oxygen atoms in total. The summed E-state index contributed by atoms with van der Waals surface area (Å²) in [5.41, 5.74) is 4.86. The summed E-state index contributed by atoms with van der Waals surface area (Å²) in [5.74, 6) is -1.95. The van der Waals surface area contributed by atoms with Gasteiger partial charge in [0.15, 0.2) is 0 Å². The van der Waals surface area contributed by atoms with Crippen LogP contribution in [-0.4, -0.2) is 109 Å². The summed E-state index contributed by atoms with van der Waals surface area (Å²) in [4.78, 5) is 45.0. The molecule has 8 rings (SSSR count). The van der Waals surface area contributed by atoms with Crippen molar-refractivity contribution in [1.82, 2.24) is 30.1 Å². The maximum Gasteiger partial charge on any atom is 0.234 e. The van der Waals surface area contributed by atoms with E-state index in [1.165, 1.54) is 17.7 Å². The Labute approximate surface area is 374 Å². The number of imide groups is 1. The predicted molar refractivity (Wildman–Crippen MR) is 248 cm³/mol. The largest absolute Gasteiger partial charge is 0.494 e. The normalized spacial score (nSPS) is 18.1. The topological polar surface area (TPSA) is 145 Å². The van der Waals surface area contributed by atoms with E-state index in [-0.39, 0.29) is 18.4 Å². The minimum absolute atomic E-state index is 0.0646. The van der Waals surface area contributed by atoms with E-state index < -0.39 is 36.5 Å². The Balaban J connectivity index is 0.868. The van der Waals surface area contributed by atoms with Gasteiger partial charge in [0.2, 0.25) is 17.8 Å². The van der Waals surface area contributed by atoms with Crippen molar-refractivity contribution < 1.29 is 27.7 Å². The minimum atomic E-state index is -2.72. The van der Waals surface area contributed by atoms with Gasteiger partial charge in [-0.3, -0.25) is 24.8 Å². The first-order chi connectivity index (χ1) is 30.3. The Morgan fingerprint density at radius 3 is 2.37 bits per heavy atom. The number of fused-ring (bicyclic) bond motifs is 1. The fourth-order valence-corrected chi connectivity index (χ4v) is 11.0. The Hall–Kier alpha value is -5.02. The lowest BCUT2D eigenvalue weighted by atomic mass is 9.89. The molecule has 3 saturated heterocycles. The van der Waals surface area contributed by atoms with Crippen LogP contribution in [0.1, 0.15) is 55.2 Å². The van der Waals surface area contributed by atoms with Gasteiger partial charge < -0.3 is 29.7 Å². The Kier molecular flexibility index (Phi) is 13.4. The molecule has 1 unspecified atom stereocenters. The van der Waals surface area contributed by atoms with Crippen molar-refractivity contribution in [3.8, 4) is 5.75 Å². The zero-order valence-corrected chi connectivity index (χ0v) is 38.5. The standard InChI is InChI=1S/C46H53BrF2N9O4P/c1-5-29-25-38(53-46-51-27-33(47)44(55-46)52-37-10-9-36-31(7-6-15-50-36)43(37)63(3,4)61)40(62-2)26-39(29)58-17-13-30(14-18-58)57-21-19-56(20-22-57)16-12-28-23-34(48)42(35(49)24-28)32-8-11-41(59)54-45(32)60/h6-7,9-10,15,23-27,30,32H,5,8,11-14,16-22H2,1-4H3,(H,54,59,60)(H2,51,52,53,55). The molecule has 3 N–H and O–H groups in total. The molecule has 1 atom stereocenters. The Bertz CT molecular complexity index is 2560. The first-order valence-electron chi connectivity index (χ1n) is 21.5. The van der Waals surface area contributed by atoms with Gasteiger partial charge in [-0.1, -0.05) is 13.0 Å². The van der Waals surface area contributed by atoms with E-state index in [1.54, 1.807) is 32.8 Å². The van der Waals surface area contributed by atoms with Crippen LogP contribution in [0.2, 0.25) is 0 Å². The van der Waals surface area contributed by atoms with E-state index >= 15 is 8.78 Å². The molecule has 3 aromatic carbocycles. The molecule has 332 valence electrons. The van der Waals surface area contributed by atoms with Crippen LogP contribution < -0.4 is 30.9 Å². The molecule has 0 radical (unpaired) electrons. The third-order valence-electron chi connectivity index (χ3n) is 12.5. The molecule has 0 aliphatic carbocycles. The summed E-state index contributed by atoms with van der Waals surface area (Å²) in [6.07, 6.45) is 6.97. The molecule has 17 heteroatoms. The Morgan fingerprint density at radius 1 is 0.937 bits per heavy atom. The molecule has 3 aliphatic rings. The number of piperazine rings is 1. The van der Waals surface area contributed by atoms with Crippen LogP contribution in [0, 0.1) is 11.6 Å². The van der Waals surface area contributed by atoms with Crippen LogP contribution in [0.15, 0.2) is 65.4 Å². The third kappa shape index (κ3) is 9.89. The van der Waals surface area contributed by atoms with Crippen LogP contribution in [0.5, 0.6) is 5.75 Å². The molecule has 5 heterocycles. The zero-order valence-electron chi connectivity index (χ0n) is 36.0. The van der Waals surface area contributed by atoms with Crippen LogP contribution in [0.4, 0.5) is 37.6 Å². The van der Waals surface area contributed by atoms with Crippen molar-refractivity contribution in [2.24, 2.45) is 0 Å². The number of amides is 2. The second-order valence-corrected chi connectivity index (χ2v) is 20.9. The highest BCUT2D eigenvalue weighted by Gasteiger charge is 2.33. The lowest BCUT2D eigenvalue weighted by Crippen LogP contribution is -2.53. The first-order valence-corrected chi connectivity index (χ1v) is 24.9. The number of nitrogens with zero attached hydrogens (tertiary/aromatic N) is 6. The lowest BCUT2D eigenvalue weighted by molar-refractivity contribution is -0.134. The van der Waals surface area contributed by atoms with Gasteiger partial charge in [0, 0.05) is 98.7 Å². The number of piperidine rings is 2. The number of halogens is 3. The number of nitrogens with one attached hydrogen (secondary N) is 3. The molecular weight excluding hydrogens is 891 g/mol. The molecular formula is C46H53BrF2N9O4P. The smallest absolute Gasteiger partial charge is 0.234 e. The van der Waals surface area contributed by atoms with Crippen molar-refractivity contribution in [3.63, 3.8) is 0 Å². The van der Waals surface area contributed by atoms with Crippen molar-refractivity contribution in [3.05, 3.63) is 93.7 Å². The molecule has 63 heavy (non-hydrogen) atoms. The van der Waals surface area contributed by atoms with Gasteiger partial charge in [-0.2, -0.15) is 4.98 Å². The number of carbonyl (C=O) groups excluding carboxylic acids is 2. The SMILES string of the molecule is CCc1cc(Nc2ncc(Br)c(Nc3ccc4ncccc4c3P(C)(C)=O)n2)c(OC)cc1N1CCC(N2CCN(CCc3cc(F)c(C4CCC(=O)NC4=O)c(F)c3)CC2)CC1. The fraction of sp³-hybridized carbons (Fsp3) is 0.413. The van der Waals surface area contributed by atoms with Crippen LogP contribution in [-0.2, 0) is 27.0 Å². The zero-order chi connectivity index (χ0) is 44.4. The molecule has 3 aliphatic heterocycles. The van der Waals surface area contributed by atoms with Gasteiger partial charge in [0.05, 0.1) is 34.4 Å². The maximum absolute atomic E-state index is 15.1. The summed E-state index contributed by atoms with van der Waals surface area (Å²) in [6, 6.07) is 14.9. The minimum Gasteiger partial charge on any atom is -0.494 e. The van der Waals surface area contributed by atoms with Crippen LogP contribution >= 0.6 is 23.1 Å². The van der Waals surface area contributed by atoms with Gasteiger partial charge in [-0.15, -0.1) is 0 Å². The van der Waals surface area contributed by atoms with Crippen molar-refractivity contribution in [2.45, 2.75) is 57.4 Å². The van der Waals surface area contributed by atoms with Crippen LogP contribution in [0.25, 0.3) is 10.9 Å². The highest BCUT2D eigenvalue weighted by Crippen LogP contribution is 2.42. The summed E-state index contributed by atoms with van der Waals surface area (Å²) < 4.78 is 50.3. The molecule has 5 aromatic rings. The van der Waals surface area contributed by atoms with Gasteiger partial charge in [-0.25, -0.2) is 13.8 Å². The summed E-state index contributed by atoms with van der Waals surface area (Å²) in [5, 5.41) is 10.5. The monoisotopic (exact) mass is 943 g/mol. The van der Waals surface area contributed by atoms with E-state index in [1.807, 2.05) is 24.3 Å². The molecule has 3 fully saturated rings. The number of hydrogen-bond donors (Lipinski definition) is 3. The van der Waals surface area contributed by atoms with E-state index in [0.29, 0.717) is 57.6 Å². The highest BCUT2D eigenvalue weighted by atomic mass is 79.9. The number of rotatable bonds is 13. The van der Waals surface area contributed by atoms with E-state index in [9.17, 15) is 14.2 Å². The summed E-state index contributed by atoms with van der Waals surface area (Å²) in [7, 11) is -1.06. The number of aryl methyl sites for hydroxylation is 1. The number of hydrogen-bond acceptors (Lipinski definition) is 12. The average molecular weight is 945 g/mol. The molecule has 2 amide bonds. The molecule has 0 bridgehead atoms. The lowest BCUT2D eigenvalue weighted by Gasteiger charge is -2.43. The second-order valence-electron chi connectivity index (χ2n) is 16.9. The summed E-state index contributed by atoms with van der Waals surface area (Å²) >= 11 is 3.60. The van der Waals surface area contributed by atoms with Crippen molar-refractivity contribution in [2.75, 3.05) is 81.8 Å². The number of anilines is 5. The van der Waals surface area contributed by atoms with Gasteiger partial charge >= 0.3 is 0 Å². The van der Waals surface area contributed by atoms with Gasteiger partial charge in [0.1, 0.15) is 30.3 Å². The van der Waals surface area contributed by atoms with Gasteiger partial charge in [0.25, 0.3) is 0 Å². The highest BCUT2D eigenvalue weighted by molar-refractivity contribution is 9.10. The molecule has 2 aromatic heterocycles. The Morgan fingerprint density at radius 2 is 1.68 bits per heavy atom. The van der Waals surface area contributed by atoms with E-state index in [2.05, 4.69) is 75.6 Å². The van der Waals surface area contributed by atoms with Crippen molar-refractivity contribution >= 4 is 79.9 Å². The quantitative estimate of drug-likeness (QED) is 0.0786. The fourth-order valence-electron chi connectivity index (χ4n) is 9.23. The van der Waals surface area contributed by atoms with E-state index in [0.717, 1.165) is 80.8 Å². The third-order valence-corrected chi connectivity index (χ3v) is 14.6. The number of carbonyl (C=O) groups is 2. The van der Waals surface area contributed by atoms with Crippen LogP contribution in [0.3, 0.4) is 0 Å². The second kappa shape index (κ2) is 19.0. The predicted octanol–water partition coefficient (Wildman–Crippen LogP) is 7.72. The molecule has 0 saturated carbocycles. The molecule has 0 spiro atoms. The first kappa shape index (κ1) is 44.6. The number of benzene rings is 3. The number of ether oxygens (including phenoxy) is 1. The number of pyridine rings is 1. The average Bonchev–Trinajstić information content (AvgIpc) is 3.27. The maximum atomic E-state index is 15.1. The van der Waals surface area contributed by atoms with Gasteiger partial charge in [-0.05, 0) is 109 Å².